The number of hydrogen-bond acceptors (Lipinski definition) is 7. The molecule has 1 saturated heterocycles. The van der Waals surface area contributed by atoms with Gasteiger partial charge in [0.2, 0.25) is 17.8 Å². The summed E-state index contributed by atoms with van der Waals surface area (Å²) in [6, 6.07) is 2.75. The Morgan fingerprint density at radius 3 is 2.55 bits per heavy atom. The van der Waals surface area contributed by atoms with Crippen molar-refractivity contribution in [3.8, 4) is 11.1 Å². The fraction of sp³-hybridized carbons (Fsp3) is 0.455. The first-order valence-corrected chi connectivity index (χ1v) is 10.7. The highest BCUT2D eigenvalue weighted by atomic mass is 16.6. The first kappa shape index (κ1) is 22.4. The maximum absolute atomic E-state index is 12.9. The van der Waals surface area contributed by atoms with Gasteiger partial charge < -0.3 is 4.74 Å². The first-order valence-electron chi connectivity index (χ1n) is 10.7. The van der Waals surface area contributed by atoms with Gasteiger partial charge in [-0.2, -0.15) is 10.1 Å². The quantitative estimate of drug-likeness (QED) is 0.646. The van der Waals surface area contributed by atoms with Crippen LogP contribution in [0, 0.1) is 13.8 Å². The second-order valence-corrected chi connectivity index (χ2v) is 9.11. The molecule has 0 aromatic carbocycles. The van der Waals surface area contributed by atoms with Crippen LogP contribution >= 0.6 is 0 Å². The van der Waals surface area contributed by atoms with E-state index < -0.39 is 29.6 Å². The molecule has 4 heterocycles. The SMILES string of the molecule is Cc1nn(C)c(C)c1-c1ccc2nc(NC(=O)[C@H]3CCC(=O)N3C(=O)OC(C)(C)C)nn2c1. The topological polar surface area (TPSA) is 124 Å². The molecule has 0 saturated carbocycles. The molecular formula is C22H27N7O4. The van der Waals surface area contributed by atoms with Crippen molar-refractivity contribution in [1.29, 1.82) is 0 Å². The molecule has 1 atom stereocenters. The van der Waals surface area contributed by atoms with E-state index in [1.54, 1.807) is 31.4 Å². The zero-order chi connectivity index (χ0) is 24.1. The number of anilines is 1. The molecule has 1 fully saturated rings. The molecule has 1 aliphatic rings. The molecule has 4 rings (SSSR count). The maximum atomic E-state index is 12.9. The largest absolute Gasteiger partial charge is 0.443 e. The van der Waals surface area contributed by atoms with E-state index in [1.165, 1.54) is 0 Å². The van der Waals surface area contributed by atoms with Crippen molar-refractivity contribution < 1.29 is 19.1 Å². The molecule has 11 heteroatoms. The number of hydrogen-bond donors (Lipinski definition) is 1. The Kier molecular flexibility index (Phi) is 5.43. The smallest absolute Gasteiger partial charge is 0.417 e. The predicted octanol–water partition coefficient (Wildman–Crippen LogP) is 2.61. The predicted molar refractivity (Wildman–Crippen MR) is 119 cm³/mol. The first-order chi connectivity index (χ1) is 15.4. The summed E-state index contributed by atoms with van der Waals surface area (Å²) >= 11 is 0. The molecule has 0 aliphatic carbocycles. The van der Waals surface area contributed by atoms with Gasteiger partial charge in [0.25, 0.3) is 0 Å². The number of carbonyl (C=O) groups excluding carboxylic acids is 3. The maximum Gasteiger partial charge on any atom is 0.417 e. The van der Waals surface area contributed by atoms with Gasteiger partial charge in [0.1, 0.15) is 11.6 Å². The van der Waals surface area contributed by atoms with Crippen LogP contribution in [-0.4, -0.2) is 58.8 Å². The van der Waals surface area contributed by atoms with Crippen LogP contribution in [-0.2, 0) is 21.4 Å². The normalized spacial score (nSPS) is 16.5. The van der Waals surface area contributed by atoms with Crippen molar-refractivity contribution in [1.82, 2.24) is 29.3 Å². The van der Waals surface area contributed by atoms with Gasteiger partial charge in [0.05, 0.1) is 5.69 Å². The Bertz CT molecular complexity index is 1270. The summed E-state index contributed by atoms with van der Waals surface area (Å²) in [5, 5.41) is 11.4. The van der Waals surface area contributed by atoms with E-state index in [-0.39, 0.29) is 18.8 Å². The highest BCUT2D eigenvalue weighted by Gasteiger charge is 2.42. The highest BCUT2D eigenvalue weighted by molar-refractivity contribution is 6.04. The second kappa shape index (κ2) is 7.98. The third-order valence-electron chi connectivity index (χ3n) is 5.47. The molecule has 1 aliphatic heterocycles. The summed E-state index contributed by atoms with van der Waals surface area (Å²) in [7, 11) is 1.89. The van der Waals surface area contributed by atoms with E-state index in [9.17, 15) is 14.4 Å². The summed E-state index contributed by atoms with van der Waals surface area (Å²) in [5.74, 6) is -0.902. The number of ether oxygens (including phenoxy) is 1. The Labute approximate surface area is 190 Å². The number of imide groups is 1. The summed E-state index contributed by atoms with van der Waals surface area (Å²) in [4.78, 5) is 42.8. The van der Waals surface area contributed by atoms with Gasteiger partial charge in [-0.05, 0) is 53.2 Å². The van der Waals surface area contributed by atoms with Crippen LogP contribution in [0.1, 0.15) is 45.0 Å². The van der Waals surface area contributed by atoms with Gasteiger partial charge in [-0.3, -0.25) is 19.6 Å². The molecule has 0 bridgehead atoms. The lowest BCUT2D eigenvalue weighted by atomic mass is 10.1. The molecule has 3 amide bonds. The van der Waals surface area contributed by atoms with Crippen LogP contribution < -0.4 is 5.32 Å². The zero-order valence-electron chi connectivity index (χ0n) is 19.5. The second-order valence-electron chi connectivity index (χ2n) is 9.11. The van der Waals surface area contributed by atoms with Gasteiger partial charge in [-0.25, -0.2) is 14.2 Å². The number of rotatable bonds is 3. The van der Waals surface area contributed by atoms with Gasteiger partial charge >= 0.3 is 6.09 Å². The number of fused-ring (bicyclic) bond motifs is 1. The minimum atomic E-state index is -0.977. The average Bonchev–Trinajstić information content (AvgIpc) is 3.35. The number of amides is 3. The van der Waals surface area contributed by atoms with Crippen molar-refractivity contribution in [2.45, 2.75) is 59.1 Å². The monoisotopic (exact) mass is 453 g/mol. The number of nitrogens with one attached hydrogen (secondary N) is 1. The van der Waals surface area contributed by atoms with E-state index in [1.807, 2.05) is 37.8 Å². The van der Waals surface area contributed by atoms with Gasteiger partial charge in [-0.1, -0.05) is 0 Å². The molecule has 0 radical (unpaired) electrons. The van der Waals surface area contributed by atoms with Crippen molar-refractivity contribution in [2.24, 2.45) is 7.05 Å². The molecule has 3 aromatic rings. The number of likely N-dealkylation sites (tertiary alicyclic amines) is 1. The van der Waals surface area contributed by atoms with Crippen LogP contribution in [0.5, 0.6) is 0 Å². The van der Waals surface area contributed by atoms with E-state index in [0.717, 1.165) is 27.4 Å². The van der Waals surface area contributed by atoms with Crippen LogP contribution in [0.15, 0.2) is 18.3 Å². The zero-order valence-corrected chi connectivity index (χ0v) is 19.5. The minimum absolute atomic E-state index is 0.0836. The van der Waals surface area contributed by atoms with Crippen molar-refractivity contribution in [2.75, 3.05) is 5.32 Å². The number of pyridine rings is 1. The Morgan fingerprint density at radius 1 is 1.18 bits per heavy atom. The molecule has 0 unspecified atom stereocenters. The molecular weight excluding hydrogens is 426 g/mol. The Hall–Kier alpha value is -3.76. The molecule has 174 valence electrons. The minimum Gasteiger partial charge on any atom is -0.443 e. The van der Waals surface area contributed by atoms with E-state index >= 15 is 0 Å². The summed E-state index contributed by atoms with van der Waals surface area (Å²) in [6.07, 6.45) is 1.28. The van der Waals surface area contributed by atoms with Crippen LogP contribution in [0.25, 0.3) is 16.8 Å². The lowest BCUT2D eigenvalue weighted by molar-refractivity contribution is -0.132. The van der Waals surface area contributed by atoms with Crippen LogP contribution in [0.4, 0.5) is 10.7 Å². The van der Waals surface area contributed by atoms with Crippen molar-refractivity contribution in [3.05, 3.63) is 29.7 Å². The van der Waals surface area contributed by atoms with Gasteiger partial charge in [-0.15, -0.1) is 5.10 Å². The molecule has 0 spiro atoms. The standard InChI is InChI=1S/C22H27N7O4/c1-12-18(13(2)27(6)25-12)14-7-9-16-23-20(26-28(16)11-14)24-19(31)15-8-10-17(30)29(15)21(32)33-22(3,4)5/h7,9,11,15H,8,10H2,1-6H3,(H,24,26,31)/t15-/m1/s1. The third kappa shape index (κ3) is 4.30. The lowest BCUT2D eigenvalue weighted by Crippen LogP contribution is -2.47. The van der Waals surface area contributed by atoms with E-state index in [4.69, 9.17) is 4.74 Å². The lowest BCUT2D eigenvalue weighted by Gasteiger charge is -2.26. The summed E-state index contributed by atoms with van der Waals surface area (Å²) in [6.45, 7) is 9.03. The third-order valence-corrected chi connectivity index (χ3v) is 5.47. The van der Waals surface area contributed by atoms with Crippen molar-refractivity contribution in [3.63, 3.8) is 0 Å². The molecule has 3 aromatic heterocycles. The number of aryl methyl sites for hydroxylation is 2. The van der Waals surface area contributed by atoms with Gasteiger partial charge in [0, 0.05) is 36.5 Å². The number of nitrogens with zero attached hydrogens (tertiary/aromatic N) is 6. The number of carbonyl (C=O) groups is 3. The Balaban J connectivity index is 1.55. The molecule has 1 N–H and O–H groups in total. The molecule has 33 heavy (non-hydrogen) atoms. The number of aromatic nitrogens is 5. The fourth-order valence-electron chi connectivity index (χ4n) is 3.94. The Morgan fingerprint density at radius 2 is 1.91 bits per heavy atom. The van der Waals surface area contributed by atoms with E-state index in [2.05, 4.69) is 20.5 Å². The van der Waals surface area contributed by atoms with E-state index in [0.29, 0.717) is 5.65 Å². The van der Waals surface area contributed by atoms with Gasteiger partial charge in [0.15, 0.2) is 5.65 Å². The van der Waals surface area contributed by atoms with Crippen molar-refractivity contribution >= 4 is 29.5 Å². The van der Waals surface area contributed by atoms with Crippen LogP contribution in [0.2, 0.25) is 0 Å². The van der Waals surface area contributed by atoms with Crippen LogP contribution in [0.3, 0.4) is 0 Å². The fourth-order valence-corrected chi connectivity index (χ4v) is 3.94. The summed E-state index contributed by atoms with van der Waals surface area (Å²) in [5.41, 5.74) is 3.61. The highest BCUT2D eigenvalue weighted by Crippen LogP contribution is 2.27. The summed E-state index contributed by atoms with van der Waals surface area (Å²) < 4.78 is 8.68. The average molecular weight is 454 g/mol. The molecule has 11 nitrogen and oxygen atoms in total.